The van der Waals surface area contributed by atoms with E-state index < -0.39 is 0 Å². The van der Waals surface area contributed by atoms with Crippen LogP contribution in [0.5, 0.6) is 0 Å². The van der Waals surface area contributed by atoms with Gasteiger partial charge in [-0.15, -0.1) is 12.4 Å². The number of para-hydroxylation sites is 1. The smallest absolute Gasteiger partial charge is 0.134 e. The molecule has 98 valence electrons. The van der Waals surface area contributed by atoms with E-state index in [1.165, 1.54) is 11.8 Å². The zero-order valence-corrected chi connectivity index (χ0v) is 11.2. The Morgan fingerprint density at radius 2 is 2.06 bits per heavy atom. The van der Waals surface area contributed by atoms with Crippen LogP contribution >= 0.6 is 12.4 Å². The van der Waals surface area contributed by atoms with Gasteiger partial charge >= 0.3 is 0 Å². The van der Waals surface area contributed by atoms with Gasteiger partial charge in [0.1, 0.15) is 11.3 Å². The van der Waals surface area contributed by atoms with E-state index in [0.29, 0.717) is 0 Å². The maximum atomic E-state index is 5.85. The first kappa shape index (κ1) is 13.4. The average molecular weight is 267 g/mol. The second-order valence-electron chi connectivity index (χ2n) is 4.63. The van der Waals surface area contributed by atoms with Gasteiger partial charge in [0.05, 0.1) is 6.54 Å². The third-order valence-electron chi connectivity index (χ3n) is 3.29. The minimum Gasteiger partial charge on any atom is -0.460 e. The highest BCUT2D eigenvalue weighted by Crippen LogP contribution is 2.20. The van der Waals surface area contributed by atoms with E-state index in [9.17, 15) is 0 Å². The van der Waals surface area contributed by atoms with Crippen LogP contribution in [-0.2, 0) is 6.54 Å². The second kappa shape index (κ2) is 6.23. The summed E-state index contributed by atoms with van der Waals surface area (Å²) in [4.78, 5) is 2.46. The zero-order valence-electron chi connectivity index (χ0n) is 10.4. The molecule has 0 amide bonds. The molecule has 1 N–H and O–H groups in total. The molecule has 0 spiro atoms. The number of hydrogen-bond acceptors (Lipinski definition) is 3. The minimum absolute atomic E-state index is 0. The first-order valence-electron chi connectivity index (χ1n) is 6.32. The molecule has 3 nitrogen and oxygen atoms in total. The van der Waals surface area contributed by atoms with Crippen molar-refractivity contribution < 1.29 is 4.42 Å². The number of fused-ring (bicyclic) bond motifs is 1. The molecule has 0 unspecified atom stereocenters. The monoisotopic (exact) mass is 266 g/mol. The summed E-state index contributed by atoms with van der Waals surface area (Å²) in [5.41, 5.74) is 0.996. The SMILES string of the molecule is Cl.c1ccc2oc(CN3CCCNCC3)cc2c1. The largest absolute Gasteiger partial charge is 0.460 e. The van der Waals surface area contributed by atoms with Gasteiger partial charge in [0.25, 0.3) is 0 Å². The predicted octanol–water partition coefficient (Wildman–Crippen LogP) is 2.65. The summed E-state index contributed by atoms with van der Waals surface area (Å²) in [6, 6.07) is 10.4. The number of nitrogens with zero attached hydrogens (tertiary/aromatic N) is 1. The molecule has 1 fully saturated rings. The van der Waals surface area contributed by atoms with Crippen LogP contribution < -0.4 is 5.32 Å². The van der Waals surface area contributed by atoms with E-state index in [1.807, 2.05) is 12.1 Å². The Hall–Kier alpha value is -1.03. The van der Waals surface area contributed by atoms with Crippen LogP contribution in [-0.4, -0.2) is 31.1 Å². The summed E-state index contributed by atoms with van der Waals surface area (Å²) in [7, 11) is 0. The summed E-state index contributed by atoms with van der Waals surface area (Å²) in [5.74, 6) is 1.08. The Morgan fingerprint density at radius 1 is 1.17 bits per heavy atom. The van der Waals surface area contributed by atoms with Crippen molar-refractivity contribution in [1.29, 1.82) is 0 Å². The lowest BCUT2D eigenvalue weighted by molar-refractivity contribution is 0.262. The third kappa shape index (κ3) is 3.05. The number of furan rings is 1. The van der Waals surface area contributed by atoms with Crippen LogP contribution in [0.2, 0.25) is 0 Å². The molecular formula is C14H19ClN2O. The molecule has 0 bridgehead atoms. The van der Waals surface area contributed by atoms with Gasteiger partial charge in [-0.05, 0) is 31.6 Å². The topological polar surface area (TPSA) is 28.4 Å². The highest BCUT2D eigenvalue weighted by atomic mass is 35.5. The van der Waals surface area contributed by atoms with E-state index >= 15 is 0 Å². The van der Waals surface area contributed by atoms with Crippen molar-refractivity contribution in [3.05, 3.63) is 36.1 Å². The van der Waals surface area contributed by atoms with E-state index in [4.69, 9.17) is 4.42 Å². The maximum Gasteiger partial charge on any atom is 0.134 e. The summed E-state index contributed by atoms with van der Waals surface area (Å²) in [6.45, 7) is 5.41. The van der Waals surface area contributed by atoms with Gasteiger partial charge in [-0.2, -0.15) is 0 Å². The van der Waals surface area contributed by atoms with Gasteiger partial charge in [-0.25, -0.2) is 0 Å². The highest BCUT2D eigenvalue weighted by Gasteiger charge is 2.11. The van der Waals surface area contributed by atoms with Crippen LogP contribution in [0.4, 0.5) is 0 Å². The van der Waals surface area contributed by atoms with Crippen molar-refractivity contribution in [1.82, 2.24) is 10.2 Å². The Bertz CT molecular complexity index is 456. The first-order chi connectivity index (χ1) is 8.42. The molecule has 2 heterocycles. The number of rotatable bonds is 2. The predicted molar refractivity (Wildman–Crippen MR) is 76.2 cm³/mol. The van der Waals surface area contributed by atoms with Crippen LogP contribution in [0.15, 0.2) is 34.7 Å². The third-order valence-corrected chi connectivity index (χ3v) is 3.29. The Morgan fingerprint density at radius 3 is 2.94 bits per heavy atom. The van der Waals surface area contributed by atoms with Crippen LogP contribution in [0.25, 0.3) is 11.0 Å². The van der Waals surface area contributed by atoms with Crippen LogP contribution in [0.3, 0.4) is 0 Å². The van der Waals surface area contributed by atoms with Crippen molar-refractivity contribution >= 4 is 23.4 Å². The minimum atomic E-state index is 0. The summed E-state index contributed by atoms with van der Waals surface area (Å²) < 4.78 is 5.85. The zero-order chi connectivity index (χ0) is 11.5. The standard InChI is InChI=1S/C14H18N2O.ClH/c1-2-5-14-12(4-1)10-13(17-14)11-16-8-3-6-15-7-9-16;/h1-2,4-5,10,15H,3,6-9,11H2;1H. The molecule has 0 saturated carbocycles. The summed E-state index contributed by atoms with van der Waals surface area (Å²) >= 11 is 0. The fraction of sp³-hybridized carbons (Fsp3) is 0.429. The van der Waals surface area contributed by atoms with E-state index in [0.717, 1.165) is 44.1 Å². The number of benzene rings is 1. The van der Waals surface area contributed by atoms with Crippen molar-refractivity contribution in [3.8, 4) is 0 Å². The molecule has 1 aliphatic rings. The van der Waals surface area contributed by atoms with Crippen LogP contribution in [0.1, 0.15) is 12.2 Å². The van der Waals surface area contributed by atoms with E-state index in [-0.39, 0.29) is 12.4 Å². The fourth-order valence-corrected chi connectivity index (χ4v) is 2.39. The number of hydrogen-bond donors (Lipinski definition) is 1. The Labute approximate surface area is 114 Å². The lowest BCUT2D eigenvalue weighted by Gasteiger charge is -2.17. The van der Waals surface area contributed by atoms with Crippen LogP contribution in [0, 0.1) is 0 Å². The summed E-state index contributed by atoms with van der Waals surface area (Å²) in [6.07, 6.45) is 1.22. The lowest BCUT2D eigenvalue weighted by Crippen LogP contribution is -2.27. The highest BCUT2D eigenvalue weighted by molar-refractivity contribution is 5.85. The van der Waals surface area contributed by atoms with E-state index in [1.54, 1.807) is 0 Å². The second-order valence-corrected chi connectivity index (χ2v) is 4.63. The van der Waals surface area contributed by atoms with E-state index in [2.05, 4.69) is 28.4 Å². The quantitative estimate of drug-likeness (QED) is 0.906. The van der Waals surface area contributed by atoms with Crippen molar-refractivity contribution in [2.24, 2.45) is 0 Å². The van der Waals surface area contributed by atoms with Crippen molar-refractivity contribution in [2.75, 3.05) is 26.2 Å². The Balaban J connectivity index is 0.00000120. The molecule has 2 aromatic rings. The molecule has 0 atom stereocenters. The normalized spacial score (nSPS) is 17.3. The molecule has 0 radical (unpaired) electrons. The molecular weight excluding hydrogens is 248 g/mol. The average Bonchev–Trinajstić information content (AvgIpc) is 2.57. The molecule has 4 heteroatoms. The molecule has 0 aliphatic carbocycles. The number of nitrogens with one attached hydrogen (secondary N) is 1. The Kier molecular flexibility index (Phi) is 4.64. The van der Waals surface area contributed by atoms with Gasteiger partial charge in [-0.3, -0.25) is 4.90 Å². The maximum absolute atomic E-state index is 5.85. The molecule has 1 saturated heterocycles. The van der Waals surface area contributed by atoms with Gasteiger partial charge in [0.15, 0.2) is 0 Å². The molecule has 1 aromatic carbocycles. The molecule has 1 aliphatic heterocycles. The molecule has 3 rings (SSSR count). The van der Waals surface area contributed by atoms with Crippen molar-refractivity contribution in [3.63, 3.8) is 0 Å². The van der Waals surface area contributed by atoms with Gasteiger partial charge in [-0.1, -0.05) is 18.2 Å². The fourth-order valence-electron chi connectivity index (χ4n) is 2.39. The van der Waals surface area contributed by atoms with Gasteiger partial charge < -0.3 is 9.73 Å². The van der Waals surface area contributed by atoms with Crippen molar-refractivity contribution in [2.45, 2.75) is 13.0 Å². The summed E-state index contributed by atoms with van der Waals surface area (Å²) in [5, 5.41) is 4.62. The first-order valence-corrected chi connectivity index (χ1v) is 6.32. The number of halogens is 1. The molecule has 1 aromatic heterocycles. The van der Waals surface area contributed by atoms with Gasteiger partial charge in [0, 0.05) is 18.5 Å². The van der Waals surface area contributed by atoms with Gasteiger partial charge in [0.2, 0.25) is 0 Å². The lowest BCUT2D eigenvalue weighted by atomic mass is 10.2. The molecule has 18 heavy (non-hydrogen) atoms.